The van der Waals surface area contributed by atoms with Gasteiger partial charge in [0.2, 0.25) is 0 Å². The lowest BCUT2D eigenvalue weighted by molar-refractivity contribution is 0.461. The molecule has 1 fully saturated rings. The first kappa shape index (κ1) is 12.4. The zero-order valence-electron chi connectivity index (χ0n) is 10.9. The van der Waals surface area contributed by atoms with Crippen molar-refractivity contribution in [3.8, 4) is 0 Å². The zero-order chi connectivity index (χ0) is 12.3. The van der Waals surface area contributed by atoms with Crippen molar-refractivity contribution in [3.05, 3.63) is 24.0 Å². The molecular weight excluding hydrogens is 210 g/mol. The first-order chi connectivity index (χ1) is 8.27. The number of hydrogen-bond acceptors (Lipinski definition) is 3. The van der Waals surface area contributed by atoms with Crippen LogP contribution in [0, 0.1) is 12.8 Å². The lowest BCUT2D eigenvalue weighted by atomic mass is 10.0. The van der Waals surface area contributed by atoms with Crippen molar-refractivity contribution in [2.45, 2.75) is 39.2 Å². The fraction of sp³-hybridized carbons (Fsp3) is 0.643. The molecule has 0 radical (unpaired) electrons. The number of hydrogen-bond donors (Lipinski definition) is 1. The van der Waals surface area contributed by atoms with Gasteiger partial charge in [0.1, 0.15) is 0 Å². The number of pyridine rings is 1. The molecular formula is C14H23N3. The molecule has 1 heterocycles. The van der Waals surface area contributed by atoms with E-state index >= 15 is 0 Å². The molecule has 3 nitrogen and oxygen atoms in total. The molecule has 0 aliphatic heterocycles. The van der Waals surface area contributed by atoms with Gasteiger partial charge in [0, 0.05) is 30.7 Å². The van der Waals surface area contributed by atoms with Gasteiger partial charge < -0.3 is 10.6 Å². The number of rotatable bonds is 4. The molecule has 0 saturated heterocycles. The van der Waals surface area contributed by atoms with Gasteiger partial charge >= 0.3 is 0 Å². The Labute approximate surface area is 104 Å². The van der Waals surface area contributed by atoms with Crippen LogP contribution in [-0.2, 0) is 0 Å². The summed E-state index contributed by atoms with van der Waals surface area (Å²) >= 11 is 0. The molecule has 0 bridgehead atoms. The Balaban J connectivity index is 2.24. The van der Waals surface area contributed by atoms with Gasteiger partial charge in [-0.2, -0.15) is 0 Å². The van der Waals surface area contributed by atoms with E-state index in [1.165, 1.54) is 30.5 Å². The molecule has 2 atom stereocenters. The Morgan fingerprint density at radius 3 is 2.94 bits per heavy atom. The number of aryl methyl sites for hydroxylation is 1. The van der Waals surface area contributed by atoms with Crippen LogP contribution in [0.3, 0.4) is 0 Å². The van der Waals surface area contributed by atoms with Crippen molar-refractivity contribution in [2.75, 3.05) is 18.0 Å². The summed E-state index contributed by atoms with van der Waals surface area (Å²) in [6.45, 7) is 6.22. The maximum Gasteiger partial charge on any atom is 0.0429 e. The molecule has 1 saturated carbocycles. The second kappa shape index (κ2) is 5.50. The van der Waals surface area contributed by atoms with Crippen LogP contribution >= 0.6 is 0 Å². The standard InChI is InChI=1S/C14H23N3/c1-3-17(13-7-8-16-10-11(13)2)14-6-4-5-12(14)9-15/h7-8,10,12,14H,3-6,9,15H2,1-2H3. The number of nitrogens with two attached hydrogens (primary N) is 1. The Morgan fingerprint density at radius 2 is 2.29 bits per heavy atom. The average Bonchev–Trinajstić information content (AvgIpc) is 2.81. The van der Waals surface area contributed by atoms with Gasteiger partial charge in [0.25, 0.3) is 0 Å². The molecule has 3 heteroatoms. The molecule has 1 aromatic rings. The number of aromatic nitrogens is 1. The summed E-state index contributed by atoms with van der Waals surface area (Å²) in [6.07, 6.45) is 7.70. The van der Waals surface area contributed by atoms with Gasteiger partial charge in [0.15, 0.2) is 0 Å². The third-order valence-corrected chi connectivity index (χ3v) is 3.96. The SMILES string of the molecule is CCN(c1ccncc1C)C1CCCC1CN. The molecule has 2 N–H and O–H groups in total. The van der Waals surface area contributed by atoms with Crippen molar-refractivity contribution in [1.82, 2.24) is 4.98 Å². The Kier molecular flexibility index (Phi) is 4.00. The minimum atomic E-state index is 0.617. The molecule has 0 amide bonds. The molecule has 1 aromatic heterocycles. The van der Waals surface area contributed by atoms with Crippen molar-refractivity contribution < 1.29 is 0 Å². The Morgan fingerprint density at radius 1 is 1.47 bits per heavy atom. The summed E-state index contributed by atoms with van der Waals surface area (Å²) in [7, 11) is 0. The van der Waals surface area contributed by atoms with E-state index in [-0.39, 0.29) is 0 Å². The molecule has 1 aliphatic rings. The zero-order valence-corrected chi connectivity index (χ0v) is 10.9. The lowest BCUT2D eigenvalue weighted by Gasteiger charge is -2.34. The quantitative estimate of drug-likeness (QED) is 0.868. The average molecular weight is 233 g/mol. The van der Waals surface area contributed by atoms with E-state index in [1.807, 2.05) is 12.4 Å². The maximum atomic E-state index is 5.89. The number of nitrogens with zero attached hydrogens (tertiary/aromatic N) is 2. The molecule has 0 aromatic carbocycles. The predicted octanol–water partition coefficient (Wildman–Crippen LogP) is 2.34. The van der Waals surface area contributed by atoms with Gasteiger partial charge in [-0.1, -0.05) is 6.42 Å². The van der Waals surface area contributed by atoms with Crippen LogP contribution in [0.2, 0.25) is 0 Å². The summed E-state index contributed by atoms with van der Waals surface area (Å²) in [5.41, 5.74) is 8.48. The predicted molar refractivity (Wildman–Crippen MR) is 72.2 cm³/mol. The minimum absolute atomic E-state index is 0.617. The van der Waals surface area contributed by atoms with Crippen LogP contribution in [-0.4, -0.2) is 24.1 Å². The summed E-state index contributed by atoms with van der Waals surface area (Å²) in [4.78, 5) is 6.69. The van der Waals surface area contributed by atoms with E-state index in [4.69, 9.17) is 5.73 Å². The fourth-order valence-corrected chi connectivity index (χ4v) is 3.07. The van der Waals surface area contributed by atoms with Crippen LogP contribution in [0.15, 0.2) is 18.5 Å². The third-order valence-electron chi connectivity index (χ3n) is 3.96. The highest BCUT2D eigenvalue weighted by atomic mass is 15.2. The molecule has 2 unspecified atom stereocenters. The highest BCUT2D eigenvalue weighted by molar-refractivity contribution is 5.52. The second-order valence-corrected chi connectivity index (χ2v) is 4.94. The van der Waals surface area contributed by atoms with Gasteiger partial charge in [0.05, 0.1) is 0 Å². The van der Waals surface area contributed by atoms with Crippen LogP contribution in [0.5, 0.6) is 0 Å². The monoisotopic (exact) mass is 233 g/mol. The fourth-order valence-electron chi connectivity index (χ4n) is 3.07. The summed E-state index contributed by atoms with van der Waals surface area (Å²) in [6, 6.07) is 2.75. The largest absolute Gasteiger partial charge is 0.368 e. The van der Waals surface area contributed by atoms with E-state index in [0.29, 0.717) is 12.0 Å². The van der Waals surface area contributed by atoms with Crippen molar-refractivity contribution in [1.29, 1.82) is 0 Å². The third kappa shape index (κ3) is 2.44. The summed E-state index contributed by atoms with van der Waals surface area (Å²) < 4.78 is 0. The molecule has 1 aliphatic carbocycles. The first-order valence-corrected chi connectivity index (χ1v) is 6.65. The van der Waals surface area contributed by atoms with Gasteiger partial charge in [-0.15, -0.1) is 0 Å². The van der Waals surface area contributed by atoms with E-state index in [0.717, 1.165) is 13.1 Å². The van der Waals surface area contributed by atoms with Gasteiger partial charge in [-0.3, -0.25) is 4.98 Å². The smallest absolute Gasteiger partial charge is 0.0429 e. The van der Waals surface area contributed by atoms with Crippen LogP contribution in [0.4, 0.5) is 5.69 Å². The van der Waals surface area contributed by atoms with E-state index < -0.39 is 0 Å². The second-order valence-electron chi connectivity index (χ2n) is 4.94. The number of anilines is 1. The highest BCUT2D eigenvalue weighted by Gasteiger charge is 2.31. The van der Waals surface area contributed by atoms with Gasteiger partial charge in [-0.05, 0) is 50.8 Å². The normalized spacial score (nSPS) is 23.9. The van der Waals surface area contributed by atoms with E-state index in [9.17, 15) is 0 Å². The maximum absolute atomic E-state index is 5.89. The first-order valence-electron chi connectivity index (χ1n) is 6.65. The van der Waals surface area contributed by atoms with Gasteiger partial charge in [-0.25, -0.2) is 0 Å². The van der Waals surface area contributed by atoms with Crippen molar-refractivity contribution >= 4 is 5.69 Å². The topological polar surface area (TPSA) is 42.2 Å². The van der Waals surface area contributed by atoms with Crippen LogP contribution in [0.25, 0.3) is 0 Å². The van der Waals surface area contributed by atoms with Crippen molar-refractivity contribution in [3.63, 3.8) is 0 Å². The molecule has 0 spiro atoms. The molecule has 17 heavy (non-hydrogen) atoms. The van der Waals surface area contributed by atoms with E-state index in [2.05, 4.69) is 29.8 Å². The Hall–Kier alpha value is -1.09. The summed E-state index contributed by atoms with van der Waals surface area (Å²) in [5.74, 6) is 0.655. The highest BCUT2D eigenvalue weighted by Crippen LogP contribution is 2.33. The lowest BCUT2D eigenvalue weighted by Crippen LogP contribution is -2.40. The van der Waals surface area contributed by atoms with Crippen LogP contribution < -0.4 is 10.6 Å². The molecule has 94 valence electrons. The molecule has 2 rings (SSSR count). The van der Waals surface area contributed by atoms with E-state index in [1.54, 1.807) is 0 Å². The Bertz CT molecular complexity index is 364. The summed E-state index contributed by atoms with van der Waals surface area (Å²) in [5, 5.41) is 0. The van der Waals surface area contributed by atoms with Crippen LogP contribution in [0.1, 0.15) is 31.7 Å². The van der Waals surface area contributed by atoms with Crippen molar-refractivity contribution in [2.24, 2.45) is 11.7 Å². The minimum Gasteiger partial charge on any atom is -0.368 e.